The smallest absolute Gasteiger partial charge is 0.239 e. The molecule has 6 heteroatoms. The molecule has 0 saturated carbocycles. The Kier molecular flexibility index (Phi) is 5.16. The predicted molar refractivity (Wildman–Crippen MR) is 109 cm³/mol. The van der Waals surface area contributed by atoms with E-state index < -0.39 is 0 Å². The number of nitrogens with one attached hydrogen (secondary N) is 1. The van der Waals surface area contributed by atoms with Crippen LogP contribution in [0.2, 0.25) is 0 Å². The number of amidine groups is 1. The van der Waals surface area contributed by atoms with Crippen molar-refractivity contribution in [3.63, 3.8) is 0 Å². The molecule has 2 heterocycles. The van der Waals surface area contributed by atoms with E-state index in [1.807, 2.05) is 72.8 Å². The summed E-state index contributed by atoms with van der Waals surface area (Å²) in [4.78, 5) is 12.1. The lowest BCUT2D eigenvalue weighted by Crippen LogP contribution is -2.25. The summed E-state index contributed by atoms with van der Waals surface area (Å²) in [5.41, 5.74) is 2.13. The van der Waals surface area contributed by atoms with Crippen molar-refractivity contribution in [3.8, 4) is 11.3 Å². The maximum atomic E-state index is 12.1. The molecule has 5 nitrogen and oxygen atoms in total. The van der Waals surface area contributed by atoms with E-state index in [9.17, 15) is 4.79 Å². The standard InChI is InChI=1S/C21H17N3O2S/c25-20-19(13-15-7-3-1-4-8-15)27-21(23-20)24-22-14-17-11-12-18(26-17)16-9-5-2-6-10-16/h1-12,14,19H,13H2,(H,23,24,25)/b22-14+/t19-/m1/s1. The topological polar surface area (TPSA) is 67.0 Å². The number of carbonyl (C=O) groups is 1. The van der Waals surface area contributed by atoms with Gasteiger partial charge in [-0.1, -0.05) is 72.4 Å². The van der Waals surface area contributed by atoms with Crippen LogP contribution in [0.3, 0.4) is 0 Å². The van der Waals surface area contributed by atoms with Crippen molar-refractivity contribution in [2.24, 2.45) is 10.2 Å². The van der Waals surface area contributed by atoms with E-state index in [4.69, 9.17) is 4.42 Å². The van der Waals surface area contributed by atoms with Crippen LogP contribution in [0, 0.1) is 0 Å². The lowest BCUT2D eigenvalue weighted by molar-refractivity contribution is -0.118. The molecule has 0 aliphatic carbocycles. The number of furan rings is 1. The Hall–Kier alpha value is -3.12. The van der Waals surface area contributed by atoms with Gasteiger partial charge in [0.2, 0.25) is 5.91 Å². The first-order valence-electron chi connectivity index (χ1n) is 8.56. The minimum Gasteiger partial charge on any atom is -0.455 e. The third-order valence-electron chi connectivity index (χ3n) is 4.06. The quantitative estimate of drug-likeness (QED) is 0.539. The van der Waals surface area contributed by atoms with Crippen molar-refractivity contribution in [3.05, 3.63) is 84.1 Å². The molecule has 1 atom stereocenters. The fourth-order valence-electron chi connectivity index (χ4n) is 2.73. The molecule has 4 rings (SSSR count). The van der Waals surface area contributed by atoms with Crippen LogP contribution in [0.25, 0.3) is 11.3 Å². The Morgan fingerprint density at radius 2 is 1.74 bits per heavy atom. The zero-order valence-electron chi connectivity index (χ0n) is 14.4. The minimum absolute atomic E-state index is 0.0397. The van der Waals surface area contributed by atoms with Crippen LogP contribution in [-0.2, 0) is 11.2 Å². The van der Waals surface area contributed by atoms with Gasteiger partial charge in [0.1, 0.15) is 11.5 Å². The molecule has 1 N–H and O–H groups in total. The third-order valence-corrected chi connectivity index (χ3v) is 5.13. The molecule has 0 unspecified atom stereocenters. The largest absolute Gasteiger partial charge is 0.455 e. The summed E-state index contributed by atoms with van der Waals surface area (Å²) in [6.45, 7) is 0. The molecule has 0 radical (unpaired) electrons. The highest BCUT2D eigenvalue weighted by molar-refractivity contribution is 8.15. The molecular weight excluding hydrogens is 358 g/mol. The van der Waals surface area contributed by atoms with E-state index in [1.54, 1.807) is 0 Å². The second-order valence-corrected chi connectivity index (χ2v) is 7.19. The highest BCUT2D eigenvalue weighted by Crippen LogP contribution is 2.24. The van der Waals surface area contributed by atoms with Gasteiger partial charge in [0, 0.05) is 5.56 Å². The molecule has 27 heavy (non-hydrogen) atoms. The van der Waals surface area contributed by atoms with Crippen molar-refractivity contribution in [1.29, 1.82) is 0 Å². The van der Waals surface area contributed by atoms with Gasteiger partial charge in [0.15, 0.2) is 5.17 Å². The van der Waals surface area contributed by atoms with Crippen molar-refractivity contribution < 1.29 is 9.21 Å². The minimum atomic E-state index is -0.186. The summed E-state index contributed by atoms with van der Waals surface area (Å²) in [7, 11) is 0. The van der Waals surface area contributed by atoms with Crippen LogP contribution >= 0.6 is 11.8 Å². The van der Waals surface area contributed by atoms with Gasteiger partial charge in [-0.25, -0.2) is 0 Å². The van der Waals surface area contributed by atoms with Crippen LogP contribution in [-0.4, -0.2) is 22.5 Å². The number of hydrogen-bond acceptors (Lipinski definition) is 5. The number of rotatable bonds is 5. The second-order valence-electron chi connectivity index (χ2n) is 6.00. The normalized spacial score (nSPS) is 18.3. The Morgan fingerprint density at radius 3 is 2.52 bits per heavy atom. The molecule has 1 saturated heterocycles. The van der Waals surface area contributed by atoms with E-state index in [0.29, 0.717) is 17.3 Å². The fraction of sp³-hybridized carbons (Fsp3) is 0.0952. The molecule has 134 valence electrons. The summed E-state index contributed by atoms with van der Waals surface area (Å²) in [5, 5.41) is 11.2. The van der Waals surface area contributed by atoms with Gasteiger partial charge in [-0.05, 0) is 24.1 Å². The van der Waals surface area contributed by atoms with Crippen LogP contribution in [0.5, 0.6) is 0 Å². The number of thioether (sulfide) groups is 1. The molecule has 1 amide bonds. The lowest BCUT2D eigenvalue weighted by Gasteiger charge is -2.04. The summed E-state index contributed by atoms with van der Waals surface area (Å²) < 4.78 is 5.74. The molecule has 1 fully saturated rings. The Balaban J connectivity index is 1.38. The number of benzene rings is 2. The summed E-state index contributed by atoms with van der Waals surface area (Å²) >= 11 is 1.40. The number of hydrogen-bond donors (Lipinski definition) is 1. The SMILES string of the molecule is O=C1N/C(=N\N=C\c2ccc(-c3ccccc3)o2)S[C@@H]1Cc1ccccc1. The monoisotopic (exact) mass is 375 g/mol. The predicted octanol–water partition coefficient (Wildman–Crippen LogP) is 4.11. The van der Waals surface area contributed by atoms with Gasteiger partial charge >= 0.3 is 0 Å². The Labute approximate surface area is 161 Å². The first-order valence-corrected chi connectivity index (χ1v) is 9.43. The highest BCUT2D eigenvalue weighted by Gasteiger charge is 2.30. The summed E-state index contributed by atoms with van der Waals surface area (Å²) in [5.74, 6) is 1.34. The summed E-state index contributed by atoms with van der Waals surface area (Å²) in [6, 6.07) is 23.5. The zero-order valence-corrected chi connectivity index (χ0v) is 15.2. The molecule has 1 aromatic heterocycles. The van der Waals surface area contributed by atoms with Gasteiger partial charge in [-0.2, -0.15) is 5.10 Å². The van der Waals surface area contributed by atoms with Crippen molar-refractivity contribution in [1.82, 2.24) is 5.32 Å². The molecule has 3 aromatic rings. The average molecular weight is 375 g/mol. The number of nitrogens with zero attached hydrogens (tertiary/aromatic N) is 2. The first-order chi connectivity index (χ1) is 13.3. The third kappa shape index (κ3) is 4.35. The molecule has 0 bridgehead atoms. The average Bonchev–Trinajstić information content (AvgIpc) is 3.31. The van der Waals surface area contributed by atoms with Gasteiger partial charge in [0.25, 0.3) is 0 Å². The molecule has 1 aliphatic rings. The number of amides is 1. The first kappa shape index (κ1) is 17.3. The van der Waals surface area contributed by atoms with Crippen LogP contribution in [0.4, 0.5) is 0 Å². The molecule has 0 spiro atoms. The van der Waals surface area contributed by atoms with Crippen molar-refractivity contribution >= 4 is 29.1 Å². The number of carbonyl (C=O) groups excluding carboxylic acids is 1. The van der Waals surface area contributed by atoms with Crippen LogP contribution < -0.4 is 5.32 Å². The Morgan fingerprint density at radius 1 is 1.00 bits per heavy atom. The van der Waals surface area contributed by atoms with Gasteiger partial charge in [-0.3, -0.25) is 4.79 Å². The maximum Gasteiger partial charge on any atom is 0.239 e. The van der Waals surface area contributed by atoms with Crippen molar-refractivity contribution in [2.75, 3.05) is 0 Å². The molecule has 1 aliphatic heterocycles. The van der Waals surface area contributed by atoms with E-state index in [1.165, 1.54) is 18.0 Å². The molecule has 2 aromatic carbocycles. The van der Waals surface area contributed by atoms with E-state index in [2.05, 4.69) is 15.5 Å². The zero-order chi connectivity index (χ0) is 18.5. The van der Waals surface area contributed by atoms with Crippen LogP contribution in [0.15, 0.2) is 87.4 Å². The van der Waals surface area contributed by atoms with Gasteiger partial charge in [0.05, 0.1) is 11.5 Å². The fourth-order valence-corrected chi connectivity index (χ4v) is 3.70. The van der Waals surface area contributed by atoms with Gasteiger partial charge in [-0.15, -0.1) is 5.10 Å². The summed E-state index contributed by atoms with van der Waals surface area (Å²) in [6.07, 6.45) is 2.20. The van der Waals surface area contributed by atoms with Gasteiger partial charge < -0.3 is 9.73 Å². The van der Waals surface area contributed by atoms with Crippen molar-refractivity contribution in [2.45, 2.75) is 11.7 Å². The Bertz CT molecular complexity index is 981. The van der Waals surface area contributed by atoms with Crippen LogP contribution in [0.1, 0.15) is 11.3 Å². The van der Waals surface area contributed by atoms with E-state index in [-0.39, 0.29) is 11.2 Å². The maximum absolute atomic E-state index is 12.1. The van der Waals surface area contributed by atoms with E-state index >= 15 is 0 Å². The van der Waals surface area contributed by atoms with E-state index in [0.717, 1.165) is 16.9 Å². The lowest BCUT2D eigenvalue weighted by atomic mass is 10.1. The molecular formula is C21H17N3O2S. The second kappa shape index (κ2) is 8.05. The highest BCUT2D eigenvalue weighted by atomic mass is 32.2.